The molecule has 2 heterocycles. The predicted molar refractivity (Wildman–Crippen MR) is 88.4 cm³/mol. The van der Waals surface area contributed by atoms with Crippen LogP contribution in [0.25, 0.3) is 0 Å². The summed E-state index contributed by atoms with van der Waals surface area (Å²) in [6, 6.07) is 6.06. The number of hydrogen-bond donors (Lipinski definition) is 1. The Kier molecular flexibility index (Phi) is 6.13. The molecular formula is C18H28N3O+. The highest BCUT2D eigenvalue weighted by atomic mass is 16.2. The van der Waals surface area contributed by atoms with Crippen LogP contribution in [0.3, 0.4) is 0 Å². The van der Waals surface area contributed by atoms with Gasteiger partial charge in [-0.2, -0.15) is 0 Å². The van der Waals surface area contributed by atoms with E-state index in [0.717, 1.165) is 50.3 Å². The number of aromatic nitrogens is 1. The molecule has 120 valence electrons. The van der Waals surface area contributed by atoms with E-state index in [4.69, 9.17) is 0 Å². The maximum Gasteiger partial charge on any atom is 0.226 e. The molecule has 4 nitrogen and oxygen atoms in total. The van der Waals surface area contributed by atoms with Crippen LogP contribution in [0.1, 0.15) is 32.4 Å². The average Bonchev–Trinajstić information content (AvgIpc) is 2.53. The Labute approximate surface area is 133 Å². The summed E-state index contributed by atoms with van der Waals surface area (Å²) in [4.78, 5) is 20.5. The molecule has 0 aromatic carbocycles. The fourth-order valence-electron chi connectivity index (χ4n) is 3.14. The Bertz CT molecular complexity index is 492. The van der Waals surface area contributed by atoms with Crippen molar-refractivity contribution in [1.29, 1.82) is 0 Å². The first-order valence-electron chi connectivity index (χ1n) is 8.26. The zero-order valence-electron chi connectivity index (χ0n) is 13.8. The molecule has 0 saturated carbocycles. The van der Waals surface area contributed by atoms with E-state index >= 15 is 0 Å². The van der Waals surface area contributed by atoms with E-state index in [0.29, 0.717) is 12.5 Å². The fourth-order valence-corrected chi connectivity index (χ4v) is 3.14. The van der Waals surface area contributed by atoms with Crippen LogP contribution < -0.4 is 4.90 Å². The second kappa shape index (κ2) is 8.08. The van der Waals surface area contributed by atoms with Gasteiger partial charge in [-0.3, -0.25) is 9.78 Å². The Balaban J connectivity index is 1.83. The summed E-state index contributed by atoms with van der Waals surface area (Å²) in [5.74, 6) is 0.495. The van der Waals surface area contributed by atoms with Gasteiger partial charge in [-0.1, -0.05) is 18.2 Å². The van der Waals surface area contributed by atoms with Gasteiger partial charge in [0, 0.05) is 38.0 Å². The second-order valence-electron chi connectivity index (χ2n) is 6.33. The zero-order valence-corrected chi connectivity index (χ0v) is 13.8. The van der Waals surface area contributed by atoms with Crippen molar-refractivity contribution in [3.05, 3.63) is 42.2 Å². The van der Waals surface area contributed by atoms with E-state index in [-0.39, 0.29) is 5.92 Å². The van der Waals surface area contributed by atoms with Crippen LogP contribution in [0.4, 0.5) is 0 Å². The number of likely N-dealkylation sites (N-methyl/N-ethyl adjacent to an activating group) is 1. The summed E-state index contributed by atoms with van der Waals surface area (Å²) in [6.45, 7) is 12.5. The minimum Gasteiger partial charge on any atom is -0.339 e. The molecule has 0 atom stereocenters. The van der Waals surface area contributed by atoms with E-state index < -0.39 is 0 Å². The summed E-state index contributed by atoms with van der Waals surface area (Å²) in [5.41, 5.74) is 2.19. The molecule has 1 saturated heterocycles. The number of rotatable bonds is 6. The Hall–Kier alpha value is -1.68. The second-order valence-corrected chi connectivity index (χ2v) is 6.33. The number of carbonyl (C=O) groups excluding carboxylic acids is 1. The van der Waals surface area contributed by atoms with Crippen molar-refractivity contribution < 1.29 is 9.69 Å². The third-order valence-corrected chi connectivity index (χ3v) is 4.35. The highest BCUT2D eigenvalue weighted by molar-refractivity contribution is 5.79. The monoisotopic (exact) mass is 302 g/mol. The van der Waals surface area contributed by atoms with Crippen LogP contribution in [-0.4, -0.2) is 42.0 Å². The van der Waals surface area contributed by atoms with Crippen LogP contribution in [0.2, 0.25) is 0 Å². The van der Waals surface area contributed by atoms with E-state index in [9.17, 15) is 4.79 Å². The molecule has 22 heavy (non-hydrogen) atoms. The molecule has 1 N–H and O–H groups in total. The van der Waals surface area contributed by atoms with Crippen LogP contribution in [0.15, 0.2) is 36.5 Å². The predicted octanol–water partition coefficient (Wildman–Crippen LogP) is 1.30. The zero-order chi connectivity index (χ0) is 15.9. The molecule has 0 spiro atoms. The summed E-state index contributed by atoms with van der Waals surface area (Å²) < 4.78 is 0. The molecule has 2 rings (SSSR count). The number of likely N-dealkylation sites (tertiary alicyclic amines) is 1. The topological polar surface area (TPSA) is 37.6 Å². The van der Waals surface area contributed by atoms with Gasteiger partial charge in [0.1, 0.15) is 6.54 Å². The lowest BCUT2D eigenvalue weighted by Gasteiger charge is -2.32. The van der Waals surface area contributed by atoms with Gasteiger partial charge < -0.3 is 9.80 Å². The largest absolute Gasteiger partial charge is 0.339 e. The first-order chi connectivity index (χ1) is 10.6. The van der Waals surface area contributed by atoms with E-state index in [1.807, 2.05) is 37.1 Å². The van der Waals surface area contributed by atoms with Crippen molar-refractivity contribution in [3.63, 3.8) is 0 Å². The molecule has 4 heteroatoms. The Morgan fingerprint density at radius 3 is 2.68 bits per heavy atom. The Morgan fingerprint density at radius 2 is 2.14 bits per heavy atom. The lowest BCUT2D eigenvalue weighted by Crippen LogP contribution is -3.11. The van der Waals surface area contributed by atoms with Crippen molar-refractivity contribution >= 4 is 5.91 Å². The molecule has 1 fully saturated rings. The molecule has 0 radical (unpaired) electrons. The average molecular weight is 302 g/mol. The minimum atomic E-state index is 0.187. The van der Waals surface area contributed by atoms with Crippen LogP contribution in [-0.2, 0) is 11.3 Å². The standard InChI is InChI=1S/C18H27N3O/c1-4-21(13-15(2)3)18(22)16-8-11-20(12-9-16)14-17-7-5-6-10-19-17/h5-7,10,16H,2,4,8-9,11-14H2,1,3H3/p+1. The molecule has 1 amide bonds. The molecule has 0 unspecified atom stereocenters. The molecule has 0 aliphatic carbocycles. The maximum absolute atomic E-state index is 12.6. The number of carbonyl (C=O) groups is 1. The number of piperidine rings is 1. The van der Waals surface area contributed by atoms with Crippen molar-refractivity contribution in [2.24, 2.45) is 5.92 Å². The lowest BCUT2D eigenvalue weighted by molar-refractivity contribution is -0.919. The SMILES string of the molecule is C=C(C)CN(CC)C(=O)C1CC[NH+](Cc2ccccn2)CC1. The minimum absolute atomic E-state index is 0.187. The first-order valence-corrected chi connectivity index (χ1v) is 8.26. The van der Waals surface area contributed by atoms with E-state index in [1.54, 1.807) is 0 Å². The van der Waals surface area contributed by atoms with Gasteiger partial charge >= 0.3 is 0 Å². The van der Waals surface area contributed by atoms with Crippen molar-refractivity contribution in [2.75, 3.05) is 26.2 Å². The maximum atomic E-state index is 12.6. The molecule has 0 bridgehead atoms. The summed E-state index contributed by atoms with van der Waals surface area (Å²) in [5, 5.41) is 0. The normalized spacial score (nSPS) is 21.4. The van der Waals surface area contributed by atoms with Crippen LogP contribution in [0.5, 0.6) is 0 Å². The number of quaternary nitrogens is 1. The molecular weight excluding hydrogens is 274 g/mol. The number of nitrogens with zero attached hydrogens (tertiary/aromatic N) is 2. The Morgan fingerprint density at radius 1 is 1.41 bits per heavy atom. The van der Waals surface area contributed by atoms with E-state index in [2.05, 4.69) is 17.6 Å². The van der Waals surface area contributed by atoms with Crippen LogP contribution >= 0.6 is 0 Å². The van der Waals surface area contributed by atoms with Crippen LogP contribution in [0, 0.1) is 5.92 Å². The molecule has 1 aliphatic heterocycles. The van der Waals surface area contributed by atoms with Gasteiger partial charge in [-0.15, -0.1) is 0 Å². The van der Waals surface area contributed by atoms with Gasteiger partial charge in [-0.05, 0) is 26.0 Å². The molecule has 1 aromatic rings. The van der Waals surface area contributed by atoms with Crippen molar-refractivity contribution in [1.82, 2.24) is 9.88 Å². The third-order valence-electron chi connectivity index (χ3n) is 4.35. The van der Waals surface area contributed by atoms with Crippen molar-refractivity contribution in [2.45, 2.75) is 33.2 Å². The summed E-state index contributed by atoms with van der Waals surface area (Å²) in [6.07, 6.45) is 3.81. The van der Waals surface area contributed by atoms with Crippen molar-refractivity contribution in [3.8, 4) is 0 Å². The third kappa shape index (κ3) is 4.67. The van der Waals surface area contributed by atoms with Gasteiger partial charge in [0.2, 0.25) is 5.91 Å². The quantitative estimate of drug-likeness (QED) is 0.804. The fraction of sp³-hybridized carbons (Fsp3) is 0.556. The van der Waals surface area contributed by atoms with Gasteiger partial charge in [0.15, 0.2) is 0 Å². The summed E-state index contributed by atoms with van der Waals surface area (Å²) in [7, 11) is 0. The van der Waals surface area contributed by atoms with Gasteiger partial charge in [0.05, 0.1) is 18.8 Å². The first kappa shape index (κ1) is 16.7. The lowest BCUT2D eigenvalue weighted by atomic mass is 9.95. The highest BCUT2D eigenvalue weighted by Crippen LogP contribution is 2.14. The highest BCUT2D eigenvalue weighted by Gasteiger charge is 2.30. The number of pyridine rings is 1. The number of hydrogen-bond acceptors (Lipinski definition) is 2. The van der Waals surface area contributed by atoms with E-state index in [1.165, 1.54) is 4.90 Å². The summed E-state index contributed by atoms with van der Waals surface area (Å²) >= 11 is 0. The number of amides is 1. The molecule has 1 aromatic heterocycles. The molecule has 1 aliphatic rings. The smallest absolute Gasteiger partial charge is 0.226 e. The van der Waals surface area contributed by atoms with Gasteiger partial charge in [0.25, 0.3) is 0 Å². The van der Waals surface area contributed by atoms with Gasteiger partial charge in [-0.25, -0.2) is 0 Å². The number of nitrogens with one attached hydrogen (secondary N) is 1.